The topological polar surface area (TPSA) is 52.7 Å². The molecule has 1 unspecified atom stereocenters. The number of hydrogen-bond acceptors (Lipinski definition) is 2. The lowest BCUT2D eigenvalue weighted by atomic mass is 9.93. The fourth-order valence-corrected chi connectivity index (χ4v) is 5.18. The summed E-state index contributed by atoms with van der Waals surface area (Å²) in [4.78, 5) is 30.0. The Balaban J connectivity index is 1.24. The van der Waals surface area contributed by atoms with Gasteiger partial charge in [-0.3, -0.25) is 4.79 Å². The molecule has 0 bridgehead atoms. The molecule has 32 heavy (non-hydrogen) atoms. The molecule has 0 saturated carbocycles. The summed E-state index contributed by atoms with van der Waals surface area (Å²) in [5.41, 5.74) is 2.05. The van der Waals surface area contributed by atoms with Crippen molar-refractivity contribution in [3.05, 3.63) is 78.4 Å². The van der Waals surface area contributed by atoms with Gasteiger partial charge in [0.25, 0.3) is 0 Å². The van der Waals surface area contributed by atoms with Gasteiger partial charge in [-0.05, 0) is 54.2 Å². The molecule has 3 amide bonds. The quantitative estimate of drug-likeness (QED) is 0.604. The van der Waals surface area contributed by atoms with Crippen molar-refractivity contribution < 1.29 is 9.59 Å². The second-order valence-corrected chi connectivity index (χ2v) is 8.82. The smallest absolute Gasteiger partial charge is 0.321 e. The Morgan fingerprint density at radius 3 is 2.31 bits per heavy atom. The average molecular weight is 428 g/mol. The van der Waals surface area contributed by atoms with E-state index in [0.717, 1.165) is 37.9 Å². The number of carbonyl (C=O) groups excluding carboxylic acids is 2. The van der Waals surface area contributed by atoms with E-state index in [0.29, 0.717) is 13.1 Å². The summed E-state index contributed by atoms with van der Waals surface area (Å²) in [5.74, 6) is 0.245. The number of hydrogen-bond donors (Lipinski definition) is 1. The molecule has 3 aromatic carbocycles. The van der Waals surface area contributed by atoms with E-state index in [-0.39, 0.29) is 23.9 Å². The standard InChI is InChI=1S/C27H29N3O2/c31-26(21-15-18-29(19-16-21)27(32)28-22-10-2-1-3-11-22)30-17-7-14-25(30)24-13-6-9-20-8-4-5-12-23(20)24/h1-6,8-13,21,25H,7,14-19H2,(H,28,32). The molecule has 1 atom stereocenters. The summed E-state index contributed by atoms with van der Waals surface area (Å²) in [7, 11) is 0. The number of nitrogens with one attached hydrogen (secondary N) is 1. The highest BCUT2D eigenvalue weighted by Crippen LogP contribution is 2.37. The molecule has 2 aliphatic rings. The SMILES string of the molecule is O=C(Nc1ccccc1)N1CCC(C(=O)N2CCCC2c2cccc3ccccc23)CC1. The van der Waals surface area contributed by atoms with Crippen LogP contribution in [0, 0.1) is 5.92 Å². The van der Waals surface area contributed by atoms with Gasteiger partial charge in [0.05, 0.1) is 6.04 Å². The number of benzene rings is 3. The molecule has 2 fully saturated rings. The van der Waals surface area contributed by atoms with Gasteiger partial charge in [0.2, 0.25) is 5.91 Å². The molecule has 0 aliphatic carbocycles. The number of anilines is 1. The van der Waals surface area contributed by atoms with Gasteiger partial charge < -0.3 is 15.1 Å². The molecule has 2 aliphatic heterocycles. The third kappa shape index (κ3) is 4.07. The number of urea groups is 1. The summed E-state index contributed by atoms with van der Waals surface area (Å²) >= 11 is 0. The van der Waals surface area contributed by atoms with Crippen molar-refractivity contribution in [2.45, 2.75) is 31.7 Å². The minimum atomic E-state index is -0.0862. The third-order valence-corrected chi connectivity index (χ3v) is 6.87. The van der Waals surface area contributed by atoms with Gasteiger partial charge in [-0.15, -0.1) is 0 Å². The van der Waals surface area contributed by atoms with Gasteiger partial charge in [0, 0.05) is 31.2 Å². The molecule has 164 valence electrons. The first kappa shape index (κ1) is 20.6. The van der Waals surface area contributed by atoms with E-state index in [4.69, 9.17) is 0 Å². The number of amides is 3. The molecule has 0 aromatic heterocycles. The van der Waals surface area contributed by atoms with E-state index in [1.165, 1.54) is 16.3 Å². The predicted molar refractivity (Wildman–Crippen MR) is 127 cm³/mol. The maximum atomic E-state index is 13.5. The molecular formula is C27H29N3O2. The van der Waals surface area contributed by atoms with E-state index < -0.39 is 0 Å². The molecule has 5 rings (SSSR count). The minimum Gasteiger partial charge on any atom is -0.335 e. The van der Waals surface area contributed by atoms with Gasteiger partial charge in [-0.2, -0.15) is 0 Å². The highest BCUT2D eigenvalue weighted by atomic mass is 16.2. The lowest BCUT2D eigenvalue weighted by Gasteiger charge is -2.35. The van der Waals surface area contributed by atoms with Crippen molar-refractivity contribution in [2.24, 2.45) is 5.92 Å². The Hall–Kier alpha value is -3.34. The first-order chi connectivity index (χ1) is 15.7. The van der Waals surface area contributed by atoms with Crippen molar-refractivity contribution in [3.63, 3.8) is 0 Å². The molecular weight excluding hydrogens is 398 g/mol. The molecule has 3 aromatic rings. The van der Waals surface area contributed by atoms with E-state index in [1.807, 2.05) is 35.2 Å². The van der Waals surface area contributed by atoms with E-state index in [9.17, 15) is 9.59 Å². The number of carbonyl (C=O) groups is 2. The lowest BCUT2D eigenvalue weighted by molar-refractivity contribution is -0.137. The second kappa shape index (κ2) is 9.03. The Morgan fingerprint density at radius 1 is 0.781 bits per heavy atom. The summed E-state index contributed by atoms with van der Waals surface area (Å²) in [6.45, 7) is 2.05. The highest BCUT2D eigenvalue weighted by molar-refractivity contribution is 5.90. The van der Waals surface area contributed by atoms with Crippen LogP contribution in [0.3, 0.4) is 0 Å². The van der Waals surface area contributed by atoms with Crippen molar-refractivity contribution >= 4 is 28.4 Å². The summed E-state index contributed by atoms with van der Waals surface area (Å²) < 4.78 is 0. The van der Waals surface area contributed by atoms with E-state index in [2.05, 4.69) is 52.7 Å². The third-order valence-electron chi connectivity index (χ3n) is 6.87. The molecule has 2 heterocycles. The van der Waals surface area contributed by atoms with Gasteiger partial charge >= 0.3 is 6.03 Å². The van der Waals surface area contributed by atoms with Crippen LogP contribution in [0.1, 0.15) is 37.3 Å². The Bertz CT molecular complexity index is 1100. The van der Waals surface area contributed by atoms with Crippen molar-refractivity contribution in [1.82, 2.24) is 9.80 Å². The Kier molecular flexibility index (Phi) is 5.80. The van der Waals surface area contributed by atoms with Crippen LogP contribution in [0.25, 0.3) is 10.8 Å². The van der Waals surface area contributed by atoms with Crippen LogP contribution in [-0.2, 0) is 4.79 Å². The van der Waals surface area contributed by atoms with Crippen LogP contribution in [0.2, 0.25) is 0 Å². The predicted octanol–water partition coefficient (Wildman–Crippen LogP) is 5.45. The molecule has 5 nitrogen and oxygen atoms in total. The Labute approximate surface area is 189 Å². The van der Waals surface area contributed by atoms with Crippen molar-refractivity contribution in [3.8, 4) is 0 Å². The van der Waals surface area contributed by atoms with Gasteiger partial charge in [-0.1, -0.05) is 60.7 Å². The molecule has 0 spiro atoms. The van der Waals surface area contributed by atoms with Crippen LogP contribution >= 0.6 is 0 Å². The van der Waals surface area contributed by atoms with Crippen LogP contribution in [0.5, 0.6) is 0 Å². The first-order valence-corrected chi connectivity index (χ1v) is 11.6. The largest absolute Gasteiger partial charge is 0.335 e. The monoisotopic (exact) mass is 427 g/mol. The Morgan fingerprint density at radius 2 is 1.50 bits per heavy atom. The molecule has 2 saturated heterocycles. The second-order valence-electron chi connectivity index (χ2n) is 8.82. The average Bonchev–Trinajstić information content (AvgIpc) is 3.34. The van der Waals surface area contributed by atoms with Gasteiger partial charge in [-0.25, -0.2) is 4.79 Å². The van der Waals surface area contributed by atoms with E-state index >= 15 is 0 Å². The van der Waals surface area contributed by atoms with Crippen LogP contribution in [-0.4, -0.2) is 41.4 Å². The van der Waals surface area contributed by atoms with Crippen LogP contribution in [0.15, 0.2) is 72.8 Å². The van der Waals surface area contributed by atoms with Crippen molar-refractivity contribution in [2.75, 3.05) is 25.0 Å². The normalized spacial score (nSPS) is 19.3. The minimum absolute atomic E-state index is 0.00801. The van der Waals surface area contributed by atoms with Crippen molar-refractivity contribution in [1.29, 1.82) is 0 Å². The number of fused-ring (bicyclic) bond motifs is 1. The van der Waals surface area contributed by atoms with Gasteiger partial charge in [0.15, 0.2) is 0 Å². The zero-order chi connectivity index (χ0) is 21.9. The maximum Gasteiger partial charge on any atom is 0.321 e. The summed E-state index contributed by atoms with van der Waals surface area (Å²) in [5, 5.41) is 5.41. The number of likely N-dealkylation sites (tertiary alicyclic amines) is 2. The maximum absolute atomic E-state index is 13.5. The lowest BCUT2D eigenvalue weighted by Crippen LogP contribution is -2.45. The van der Waals surface area contributed by atoms with Gasteiger partial charge in [0.1, 0.15) is 0 Å². The number of para-hydroxylation sites is 1. The number of rotatable bonds is 3. The fraction of sp³-hybridized carbons (Fsp3) is 0.333. The molecule has 0 radical (unpaired) electrons. The highest BCUT2D eigenvalue weighted by Gasteiger charge is 2.36. The first-order valence-electron chi connectivity index (χ1n) is 11.6. The molecule has 5 heteroatoms. The zero-order valence-corrected chi connectivity index (χ0v) is 18.2. The summed E-state index contributed by atoms with van der Waals surface area (Å²) in [6, 6.07) is 24.4. The number of nitrogens with zero attached hydrogens (tertiary/aromatic N) is 2. The molecule has 1 N–H and O–H groups in total. The van der Waals surface area contributed by atoms with Crippen LogP contribution in [0.4, 0.5) is 10.5 Å². The zero-order valence-electron chi connectivity index (χ0n) is 18.2. The van der Waals surface area contributed by atoms with Crippen LogP contribution < -0.4 is 5.32 Å². The summed E-state index contributed by atoms with van der Waals surface area (Å²) in [6.07, 6.45) is 3.50. The van der Waals surface area contributed by atoms with E-state index in [1.54, 1.807) is 0 Å². The fourth-order valence-electron chi connectivity index (χ4n) is 5.18. The number of piperidine rings is 1.